The van der Waals surface area contributed by atoms with Crippen LogP contribution in [0.25, 0.3) is 22.5 Å². The molecule has 1 saturated carbocycles. The number of hydrogen-bond acceptors (Lipinski definition) is 7. The molecule has 2 fully saturated rings. The number of phenols is 1. The summed E-state index contributed by atoms with van der Waals surface area (Å²) in [7, 11) is 0. The summed E-state index contributed by atoms with van der Waals surface area (Å²) in [4.78, 5) is 13.9. The summed E-state index contributed by atoms with van der Waals surface area (Å²) in [5.74, 6) is 1.87. The Morgan fingerprint density at radius 2 is 1.91 bits per heavy atom. The number of benzene rings is 2. The smallest absolute Gasteiger partial charge is 0.221 e. The maximum absolute atomic E-state index is 11.7. The van der Waals surface area contributed by atoms with E-state index in [1.807, 2.05) is 42.5 Å². The normalized spacial score (nSPS) is 16.6. The molecule has 1 aliphatic heterocycles. The Morgan fingerprint density at radius 3 is 2.68 bits per heavy atom. The highest BCUT2D eigenvalue weighted by Crippen LogP contribution is 2.41. The molecule has 34 heavy (non-hydrogen) atoms. The van der Waals surface area contributed by atoms with Crippen molar-refractivity contribution in [2.24, 2.45) is 0 Å². The third kappa shape index (κ3) is 4.72. The van der Waals surface area contributed by atoms with Gasteiger partial charge in [0.15, 0.2) is 11.6 Å². The number of rotatable bonds is 6. The fourth-order valence-electron chi connectivity index (χ4n) is 4.68. The Morgan fingerprint density at radius 1 is 1.15 bits per heavy atom. The third-order valence-corrected chi connectivity index (χ3v) is 6.44. The van der Waals surface area contributed by atoms with Crippen LogP contribution in [-0.2, 0) is 4.79 Å². The van der Waals surface area contributed by atoms with Crippen LogP contribution < -0.4 is 20.3 Å². The van der Waals surface area contributed by atoms with Crippen LogP contribution in [0, 0.1) is 0 Å². The van der Waals surface area contributed by atoms with Crippen molar-refractivity contribution in [2.75, 3.05) is 36.4 Å². The van der Waals surface area contributed by atoms with E-state index in [9.17, 15) is 9.90 Å². The van der Waals surface area contributed by atoms with Gasteiger partial charge in [-0.1, -0.05) is 23.4 Å². The van der Waals surface area contributed by atoms with Crippen molar-refractivity contribution < 1.29 is 19.2 Å². The second-order valence-corrected chi connectivity index (χ2v) is 8.90. The summed E-state index contributed by atoms with van der Waals surface area (Å²) in [5, 5.41) is 21.6. The number of nitrogens with zero attached hydrogens (tertiary/aromatic N) is 2. The average molecular weight is 463 g/mol. The van der Waals surface area contributed by atoms with E-state index in [0.717, 1.165) is 63.2 Å². The lowest BCUT2D eigenvalue weighted by Gasteiger charge is -2.26. The highest BCUT2D eigenvalue weighted by atomic mass is 16.5. The molecular weight excluding hydrogens is 432 g/mol. The van der Waals surface area contributed by atoms with E-state index in [2.05, 4.69) is 20.7 Å². The van der Waals surface area contributed by atoms with E-state index in [0.29, 0.717) is 28.3 Å². The van der Waals surface area contributed by atoms with Crippen LogP contribution in [0.2, 0.25) is 0 Å². The van der Waals surface area contributed by atoms with Gasteiger partial charge in [-0.15, -0.1) is 0 Å². The number of para-hydroxylation sites is 1. The zero-order valence-electron chi connectivity index (χ0n) is 19.3. The summed E-state index contributed by atoms with van der Waals surface area (Å²) < 4.78 is 11.9. The molecule has 2 aliphatic rings. The number of carbonyl (C=O) groups excluding carboxylic acids is 1. The van der Waals surface area contributed by atoms with Gasteiger partial charge in [0.1, 0.15) is 11.5 Å². The van der Waals surface area contributed by atoms with Gasteiger partial charge >= 0.3 is 0 Å². The molecule has 2 heterocycles. The van der Waals surface area contributed by atoms with Crippen LogP contribution in [0.4, 0.5) is 11.5 Å². The molecule has 3 aromatic rings. The summed E-state index contributed by atoms with van der Waals surface area (Å²) >= 11 is 0. The van der Waals surface area contributed by atoms with Gasteiger partial charge in [-0.3, -0.25) is 4.79 Å². The topological polar surface area (TPSA) is 99.9 Å². The molecule has 2 aromatic carbocycles. The lowest BCUT2D eigenvalue weighted by Crippen LogP contribution is -2.43. The Kier molecular flexibility index (Phi) is 6.40. The molecule has 8 nitrogen and oxygen atoms in total. The molecule has 1 amide bonds. The number of amides is 1. The number of ether oxygens (including phenoxy) is 1. The number of aromatic hydroxyl groups is 1. The lowest BCUT2D eigenvalue weighted by molar-refractivity contribution is -0.114. The van der Waals surface area contributed by atoms with Crippen LogP contribution in [0.3, 0.4) is 0 Å². The monoisotopic (exact) mass is 462 g/mol. The minimum Gasteiger partial charge on any atom is -0.507 e. The van der Waals surface area contributed by atoms with E-state index in [1.165, 1.54) is 6.92 Å². The van der Waals surface area contributed by atoms with Gasteiger partial charge in [-0.2, -0.15) is 0 Å². The molecule has 0 unspecified atom stereocenters. The number of hydrogen-bond donors (Lipinski definition) is 3. The molecule has 1 aromatic heterocycles. The summed E-state index contributed by atoms with van der Waals surface area (Å²) in [6.07, 6.45) is 4.45. The molecule has 0 radical (unpaired) electrons. The number of carbonyl (C=O) groups is 1. The van der Waals surface area contributed by atoms with Crippen LogP contribution in [0.5, 0.6) is 11.5 Å². The molecule has 3 N–H and O–H groups in total. The van der Waals surface area contributed by atoms with Crippen molar-refractivity contribution in [3.8, 4) is 33.9 Å². The van der Waals surface area contributed by atoms with Gasteiger partial charge in [-0.05, 0) is 49.4 Å². The molecule has 0 spiro atoms. The van der Waals surface area contributed by atoms with Crippen molar-refractivity contribution in [1.82, 2.24) is 10.5 Å². The Hall–Kier alpha value is -3.52. The van der Waals surface area contributed by atoms with Crippen LogP contribution in [0.15, 0.2) is 47.0 Å². The molecule has 5 rings (SSSR count). The number of phenolic OH excluding ortho intramolecular Hbond substituents is 1. The Balaban J connectivity index is 1.46. The van der Waals surface area contributed by atoms with Crippen molar-refractivity contribution in [1.29, 1.82) is 0 Å². The van der Waals surface area contributed by atoms with E-state index < -0.39 is 0 Å². The first-order valence-corrected chi connectivity index (χ1v) is 11.9. The second kappa shape index (κ2) is 9.77. The summed E-state index contributed by atoms with van der Waals surface area (Å²) in [6, 6.07) is 13.0. The van der Waals surface area contributed by atoms with Crippen LogP contribution in [-0.4, -0.2) is 48.5 Å². The Bertz CT molecular complexity index is 1160. The number of anilines is 2. The van der Waals surface area contributed by atoms with Crippen molar-refractivity contribution >= 4 is 17.4 Å². The highest BCUT2D eigenvalue weighted by molar-refractivity contribution is 5.91. The quantitative estimate of drug-likeness (QED) is 0.499. The maximum Gasteiger partial charge on any atom is 0.221 e. The molecule has 178 valence electrons. The van der Waals surface area contributed by atoms with E-state index in [4.69, 9.17) is 9.26 Å². The fraction of sp³-hybridized carbons (Fsp3) is 0.385. The molecule has 1 saturated heterocycles. The number of nitrogens with one attached hydrogen (secondary N) is 2. The minimum atomic E-state index is -0.153. The highest BCUT2D eigenvalue weighted by Gasteiger charge is 2.21. The van der Waals surface area contributed by atoms with Gasteiger partial charge in [0, 0.05) is 44.7 Å². The van der Waals surface area contributed by atoms with Crippen molar-refractivity contribution in [3.63, 3.8) is 0 Å². The van der Waals surface area contributed by atoms with Crippen LogP contribution >= 0.6 is 0 Å². The molecule has 8 heteroatoms. The number of piperazine rings is 1. The zero-order chi connectivity index (χ0) is 23.5. The Labute approximate surface area is 198 Å². The first-order valence-electron chi connectivity index (χ1n) is 11.9. The predicted octanol–water partition coefficient (Wildman–Crippen LogP) is 4.40. The lowest BCUT2D eigenvalue weighted by atomic mass is 9.99. The first-order chi connectivity index (χ1) is 16.6. The fourth-order valence-corrected chi connectivity index (χ4v) is 4.68. The van der Waals surface area contributed by atoms with Gasteiger partial charge in [0.2, 0.25) is 5.91 Å². The second-order valence-electron chi connectivity index (χ2n) is 8.90. The minimum absolute atomic E-state index is 0.115. The molecular formula is C26H30N4O4. The molecule has 0 atom stereocenters. The van der Waals surface area contributed by atoms with Crippen LogP contribution in [0.1, 0.15) is 32.6 Å². The third-order valence-electron chi connectivity index (χ3n) is 6.44. The summed E-state index contributed by atoms with van der Waals surface area (Å²) in [6.45, 7) is 5.02. The average Bonchev–Trinajstić information content (AvgIpc) is 3.53. The van der Waals surface area contributed by atoms with Crippen molar-refractivity contribution in [3.05, 3.63) is 42.5 Å². The molecule has 0 bridgehead atoms. The SMILES string of the molecule is CC(=O)Nc1ccc(-c2cccc(-c3cc(N4CCNCC4)no3)c2O)cc1OC1CCCC1. The maximum atomic E-state index is 11.7. The van der Waals surface area contributed by atoms with E-state index in [-0.39, 0.29) is 17.8 Å². The predicted molar refractivity (Wildman–Crippen MR) is 131 cm³/mol. The van der Waals surface area contributed by atoms with Gasteiger partial charge < -0.3 is 29.9 Å². The number of aromatic nitrogens is 1. The zero-order valence-corrected chi connectivity index (χ0v) is 19.3. The molecule has 1 aliphatic carbocycles. The van der Waals surface area contributed by atoms with Gasteiger partial charge in [0.25, 0.3) is 0 Å². The largest absolute Gasteiger partial charge is 0.507 e. The van der Waals surface area contributed by atoms with Crippen molar-refractivity contribution in [2.45, 2.75) is 38.7 Å². The van der Waals surface area contributed by atoms with E-state index in [1.54, 1.807) is 0 Å². The van der Waals surface area contributed by atoms with Gasteiger partial charge in [0.05, 0.1) is 17.4 Å². The van der Waals surface area contributed by atoms with E-state index >= 15 is 0 Å². The first kappa shape index (κ1) is 22.3. The standard InChI is InChI=1S/C26H30N4O4/c1-17(31)28-22-10-9-18(15-24(22)33-19-5-2-3-6-19)20-7-4-8-21(26(20)32)23-16-25(29-34-23)30-13-11-27-12-14-30/h4,7-10,15-16,19,27,32H,2-3,5-6,11-14H2,1H3,(H,28,31). The van der Waals surface area contributed by atoms with Gasteiger partial charge in [-0.25, -0.2) is 0 Å². The summed E-state index contributed by atoms with van der Waals surface area (Å²) in [5.41, 5.74) is 2.66.